The Morgan fingerprint density at radius 1 is 1.67 bits per heavy atom. The van der Waals surface area contributed by atoms with Crippen molar-refractivity contribution in [2.24, 2.45) is 4.99 Å². The first kappa shape index (κ1) is 9.19. The van der Waals surface area contributed by atoms with Crippen LogP contribution < -0.4 is 0 Å². The summed E-state index contributed by atoms with van der Waals surface area (Å²) in [5, 5.41) is 0. The number of hydrogen-bond donors (Lipinski definition) is 0. The molecule has 0 rings (SSSR count). The molecule has 0 radical (unpaired) electrons. The summed E-state index contributed by atoms with van der Waals surface area (Å²) >= 11 is 4.53. The van der Waals surface area contributed by atoms with Gasteiger partial charge in [-0.25, -0.2) is 0 Å². The second kappa shape index (κ2) is 6.31. The second-order valence-electron chi connectivity index (χ2n) is 1.21. The van der Waals surface area contributed by atoms with E-state index < -0.39 is 0 Å². The van der Waals surface area contributed by atoms with Gasteiger partial charge in [0.05, 0.1) is 0 Å². The number of nitrogens with zero attached hydrogens (tertiary/aromatic N) is 1. The molecule has 1 nitrogen and oxygen atoms in total. The van der Waals surface area contributed by atoms with Crippen LogP contribution in [0.1, 0.15) is 0 Å². The van der Waals surface area contributed by atoms with Crippen molar-refractivity contribution < 1.29 is 19.4 Å². The first-order valence-corrected chi connectivity index (χ1v) is 4.74. The van der Waals surface area contributed by atoms with Crippen LogP contribution in [0.15, 0.2) is 28.2 Å². The van der Waals surface area contributed by atoms with Crippen LogP contribution in [0.3, 0.4) is 0 Å². The molecule has 0 unspecified atom stereocenters. The van der Waals surface area contributed by atoms with Gasteiger partial charge in [-0.3, -0.25) is 0 Å². The van der Waals surface area contributed by atoms with Crippen LogP contribution in [0, 0.1) is 0 Å². The van der Waals surface area contributed by atoms with E-state index in [2.05, 4.69) is 27.5 Å². The molecular weight excluding hydrogens is 350 g/mol. The molecule has 0 aromatic rings. The molecule has 3 heteroatoms. The van der Waals surface area contributed by atoms with Crippen molar-refractivity contribution in [1.29, 1.82) is 0 Å². The van der Waals surface area contributed by atoms with Crippen molar-refractivity contribution in [2.45, 2.75) is 0 Å². The second-order valence-corrected chi connectivity index (χ2v) is 2.99. The average Bonchev–Trinajstić information content (AvgIpc) is 1.80. The molecule has 0 heterocycles. The molecular formula is C6H6BrNW. The molecule has 0 spiro atoms. The SMILES string of the molecule is C=C(Br)C=CC=N[CH]=[W]. The zero-order valence-electron chi connectivity index (χ0n) is 4.75. The van der Waals surface area contributed by atoms with E-state index in [1.165, 1.54) is 19.4 Å². The average molecular weight is 356 g/mol. The summed E-state index contributed by atoms with van der Waals surface area (Å²) in [6.07, 6.45) is 5.39. The number of aliphatic imine (C=N–C) groups is 1. The van der Waals surface area contributed by atoms with E-state index in [9.17, 15) is 0 Å². The summed E-state index contributed by atoms with van der Waals surface area (Å²) in [5.74, 6) is 0. The molecule has 0 atom stereocenters. The van der Waals surface area contributed by atoms with Gasteiger partial charge in [-0.1, -0.05) is 0 Å². The zero-order chi connectivity index (χ0) is 7.11. The Balaban J connectivity index is 3.59. The van der Waals surface area contributed by atoms with Crippen molar-refractivity contribution in [2.75, 3.05) is 0 Å². The van der Waals surface area contributed by atoms with Crippen LogP contribution in [-0.2, 0) is 19.4 Å². The molecule has 0 fully saturated rings. The van der Waals surface area contributed by atoms with Crippen molar-refractivity contribution >= 4 is 26.7 Å². The summed E-state index contributed by atoms with van der Waals surface area (Å²) in [5.41, 5.74) is 0. The minimum atomic E-state index is 0.859. The monoisotopic (exact) mass is 355 g/mol. The predicted octanol–water partition coefficient (Wildman–Crippen LogP) is 1.83. The molecule has 0 saturated carbocycles. The van der Waals surface area contributed by atoms with E-state index in [4.69, 9.17) is 0 Å². The molecule has 0 aliphatic heterocycles. The van der Waals surface area contributed by atoms with Gasteiger partial charge in [-0.05, 0) is 0 Å². The molecule has 0 aromatic carbocycles. The topological polar surface area (TPSA) is 12.4 Å². The van der Waals surface area contributed by atoms with Gasteiger partial charge in [0.2, 0.25) is 0 Å². The normalized spacial score (nSPS) is 10.8. The van der Waals surface area contributed by atoms with Gasteiger partial charge in [0.15, 0.2) is 0 Å². The molecule has 48 valence electrons. The summed E-state index contributed by atoms with van der Waals surface area (Å²) in [6, 6.07) is 0. The predicted molar refractivity (Wildman–Crippen MR) is 41.8 cm³/mol. The summed E-state index contributed by atoms with van der Waals surface area (Å²) in [6.45, 7) is 3.62. The minimum absolute atomic E-state index is 0.859. The van der Waals surface area contributed by atoms with Gasteiger partial charge in [-0.15, -0.1) is 0 Å². The molecule has 0 aromatic heterocycles. The number of hydrogen-bond acceptors (Lipinski definition) is 1. The third-order valence-corrected chi connectivity index (χ3v) is 1.21. The Bertz CT molecular complexity index is 160. The molecule has 0 saturated heterocycles. The Labute approximate surface area is 74.1 Å². The summed E-state index contributed by atoms with van der Waals surface area (Å²) < 4.78 is 2.67. The van der Waals surface area contributed by atoms with E-state index >= 15 is 0 Å². The summed E-state index contributed by atoms with van der Waals surface area (Å²) in [4.78, 5) is 3.88. The van der Waals surface area contributed by atoms with Crippen LogP contribution in [0.2, 0.25) is 0 Å². The van der Waals surface area contributed by atoms with E-state index in [0.29, 0.717) is 0 Å². The zero-order valence-corrected chi connectivity index (χ0v) is 9.27. The van der Waals surface area contributed by atoms with Gasteiger partial charge in [0, 0.05) is 0 Å². The Kier molecular flexibility index (Phi) is 6.44. The maximum absolute atomic E-state index is 3.88. The molecule has 0 bridgehead atoms. The van der Waals surface area contributed by atoms with E-state index in [1.54, 1.807) is 10.7 Å². The van der Waals surface area contributed by atoms with Gasteiger partial charge < -0.3 is 0 Å². The Morgan fingerprint density at radius 2 is 2.33 bits per heavy atom. The van der Waals surface area contributed by atoms with Crippen LogP contribution in [-0.4, -0.2) is 10.7 Å². The molecule has 0 aliphatic carbocycles. The standard InChI is InChI=1S/C6H6BrN.W/c1-6(7)4-3-5-8-2;/h2-5H,1H2;. The molecule has 0 aliphatic rings. The van der Waals surface area contributed by atoms with Gasteiger partial charge >= 0.3 is 74.2 Å². The fourth-order valence-electron chi connectivity index (χ4n) is 0.232. The van der Waals surface area contributed by atoms with Crippen molar-refractivity contribution in [3.63, 3.8) is 0 Å². The molecule has 0 amide bonds. The van der Waals surface area contributed by atoms with Gasteiger partial charge in [0.25, 0.3) is 0 Å². The quantitative estimate of drug-likeness (QED) is 0.541. The van der Waals surface area contributed by atoms with E-state index in [1.807, 2.05) is 12.2 Å². The fourth-order valence-corrected chi connectivity index (χ4v) is 0.637. The fraction of sp³-hybridized carbons (Fsp3) is 0. The third kappa shape index (κ3) is 8.19. The van der Waals surface area contributed by atoms with Crippen molar-refractivity contribution in [1.82, 2.24) is 0 Å². The van der Waals surface area contributed by atoms with Crippen LogP contribution in [0.4, 0.5) is 0 Å². The first-order valence-electron chi connectivity index (χ1n) is 2.25. The number of halogens is 1. The molecule has 0 N–H and O–H groups in total. The third-order valence-electron chi connectivity index (χ3n) is 0.510. The maximum atomic E-state index is 3.88. The Morgan fingerprint density at radius 3 is 2.78 bits per heavy atom. The van der Waals surface area contributed by atoms with E-state index in [-0.39, 0.29) is 0 Å². The number of allylic oxidation sites excluding steroid dienone is 3. The van der Waals surface area contributed by atoms with Crippen LogP contribution in [0.25, 0.3) is 0 Å². The number of rotatable bonds is 3. The van der Waals surface area contributed by atoms with Crippen molar-refractivity contribution in [3.05, 3.63) is 23.2 Å². The first-order chi connectivity index (χ1) is 4.27. The molecule has 9 heavy (non-hydrogen) atoms. The Hall–Kier alpha value is 0.188. The summed E-state index contributed by atoms with van der Waals surface area (Å²) in [7, 11) is 0. The van der Waals surface area contributed by atoms with Gasteiger partial charge in [0.1, 0.15) is 0 Å². The van der Waals surface area contributed by atoms with Crippen LogP contribution in [0.5, 0.6) is 0 Å². The van der Waals surface area contributed by atoms with Crippen LogP contribution >= 0.6 is 15.9 Å². The van der Waals surface area contributed by atoms with Gasteiger partial charge in [-0.2, -0.15) is 0 Å². The van der Waals surface area contributed by atoms with Crippen molar-refractivity contribution in [3.8, 4) is 0 Å². The van der Waals surface area contributed by atoms with E-state index in [0.717, 1.165) is 4.48 Å².